The van der Waals surface area contributed by atoms with E-state index in [2.05, 4.69) is 5.32 Å². The van der Waals surface area contributed by atoms with E-state index in [1.165, 1.54) is 41.7 Å². The second-order valence-corrected chi connectivity index (χ2v) is 5.83. The van der Waals surface area contributed by atoms with E-state index in [0.717, 1.165) is 4.88 Å². The zero-order chi connectivity index (χ0) is 15.3. The van der Waals surface area contributed by atoms with Crippen molar-refractivity contribution in [3.05, 3.63) is 64.1 Å². The smallest absolute Gasteiger partial charge is 0.244 e. The molecule has 2 rings (SSSR count). The molecule has 1 unspecified atom stereocenters. The summed E-state index contributed by atoms with van der Waals surface area (Å²) in [6.45, 7) is 1.62. The first-order valence-corrected chi connectivity index (χ1v) is 7.33. The van der Waals surface area contributed by atoms with Gasteiger partial charge in [0.2, 0.25) is 5.91 Å². The minimum atomic E-state index is -1.25. The first-order chi connectivity index (χ1) is 9.97. The van der Waals surface area contributed by atoms with E-state index in [4.69, 9.17) is 0 Å². The van der Waals surface area contributed by atoms with E-state index in [0.29, 0.717) is 5.56 Å². The summed E-state index contributed by atoms with van der Waals surface area (Å²) >= 11 is 1.54. The summed E-state index contributed by atoms with van der Waals surface area (Å²) in [6.07, 6.45) is 3.14. The van der Waals surface area contributed by atoms with Crippen molar-refractivity contribution < 1.29 is 14.3 Å². The van der Waals surface area contributed by atoms with Crippen molar-refractivity contribution in [2.45, 2.75) is 12.5 Å². The van der Waals surface area contributed by atoms with E-state index in [1.807, 2.05) is 17.5 Å². The van der Waals surface area contributed by atoms with E-state index in [9.17, 15) is 14.3 Å². The standard InChI is InChI=1S/C16H16FNO2S/c1-16(20,12-4-6-13(17)7-5-12)11-18-15(19)9-8-14-3-2-10-21-14/h2-10,20H,11H2,1H3,(H,18,19)/b9-8+. The van der Waals surface area contributed by atoms with Gasteiger partial charge in [-0.15, -0.1) is 11.3 Å². The second kappa shape index (κ2) is 6.65. The number of amides is 1. The number of nitrogens with one attached hydrogen (secondary N) is 1. The maximum Gasteiger partial charge on any atom is 0.244 e. The second-order valence-electron chi connectivity index (χ2n) is 4.85. The molecule has 1 aromatic heterocycles. The summed E-state index contributed by atoms with van der Waals surface area (Å²) < 4.78 is 12.9. The first-order valence-electron chi connectivity index (χ1n) is 6.45. The Morgan fingerprint density at radius 1 is 1.38 bits per heavy atom. The highest BCUT2D eigenvalue weighted by Crippen LogP contribution is 2.19. The lowest BCUT2D eigenvalue weighted by molar-refractivity contribution is -0.117. The van der Waals surface area contributed by atoms with Crippen LogP contribution in [0.2, 0.25) is 0 Å². The Hall–Kier alpha value is -1.98. The van der Waals surface area contributed by atoms with Crippen molar-refractivity contribution in [1.29, 1.82) is 0 Å². The van der Waals surface area contributed by atoms with Crippen LogP contribution in [0.25, 0.3) is 6.08 Å². The molecule has 0 saturated carbocycles. The molecule has 1 aromatic carbocycles. The molecule has 110 valence electrons. The number of thiophene rings is 1. The van der Waals surface area contributed by atoms with Crippen LogP contribution < -0.4 is 5.32 Å². The average Bonchev–Trinajstić information content (AvgIpc) is 2.97. The van der Waals surface area contributed by atoms with Crippen molar-refractivity contribution in [2.75, 3.05) is 6.54 Å². The number of aliphatic hydroxyl groups is 1. The number of halogens is 1. The highest BCUT2D eigenvalue weighted by Gasteiger charge is 2.23. The maximum absolute atomic E-state index is 12.9. The van der Waals surface area contributed by atoms with Crippen LogP contribution in [-0.4, -0.2) is 17.6 Å². The highest BCUT2D eigenvalue weighted by molar-refractivity contribution is 7.10. The van der Waals surface area contributed by atoms with Gasteiger partial charge in [0.1, 0.15) is 11.4 Å². The van der Waals surface area contributed by atoms with Crippen LogP contribution in [0.3, 0.4) is 0 Å². The minimum Gasteiger partial charge on any atom is -0.384 e. The van der Waals surface area contributed by atoms with Crippen molar-refractivity contribution in [1.82, 2.24) is 5.32 Å². The zero-order valence-corrected chi connectivity index (χ0v) is 12.4. The third-order valence-corrected chi connectivity index (χ3v) is 3.85. The van der Waals surface area contributed by atoms with Crippen molar-refractivity contribution >= 4 is 23.3 Å². The number of hydrogen-bond acceptors (Lipinski definition) is 3. The van der Waals surface area contributed by atoms with Gasteiger partial charge in [-0.2, -0.15) is 0 Å². The molecular formula is C16H16FNO2S. The molecular weight excluding hydrogens is 289 g/mol. The number of hydrogen-bond donors (Lipinski definition) is 2. The SMILES string of the molecule is CC(O)(CNC(=O)/C=C/c1cccs1)c1ccc(F)cc1. The van der Waals surface area contributed by atoms with Crippen LogP contribution in [0.15, 0.2) is 47.9 Å². The third kappa shape index (κ3) is 4.51. The van der Waals surface area contributed by atoms with Gasteiger partial charge in [-0.25, -0.2) is 4.39 Å². The van der Waals surface area contributed by atoms with Crippen LogP contribution in [0, 0.1) is 5.82 Å². The predicted octanol–water partition coefficient (Wildman–Crippen LogP) is 2.92. The predicted molar refractivity (Wildman–Crippen MR) is 82.3 cm³/mol. The number of carbonyl (C=O) groups excluding carboxylic acids is 1. The molecule has 1 atom stereocenters. The Labute approximate surface area is 126 Å². The number of carbonyl (C=O) groups is 1. The van der Waals surface area contributed by atoms with Crippen LogP contribution in [0.4, 0.5) is 4.39 Å². The van der Waals surface area contributed by atoms with Gasteiger partial charge in [0, 0.05) is 11.0 Å². The lowest BCUT2D eigenvalue weighted by Gasteiger charge is -2.23. The quantitative estimate of drug-likeness (QED) is 0.835. The Morgan fingerprint density at radius 2 is 2.10 bits per heavy atom. The fourth-order valence-electron chi connectivity index (χ4n) is 1.77. The number of rotatable bonds is 5. The molecule has 2 aromatic rings. The lowest BCUT2D eigenvalue weighted by Crippen LogP contribution is -2.37. The summed E-state index contributed by atoms with van der Waals surface area (Å²) in [7, 11) is 0. The summed E-state index contributed by atoms with van der Waals surface area (Å²) in [4.78, 5) is 12.7. The molecule has 0 spiro atoms. The topological polar surface area (TPSA) is 49.3 Å². The Morgan fingerprint density at radius 3 is 2.71 bits per heavy atom. The molecule has 0 fully saturated rings. The van der Waals surface area contributed by atoms with Crippen LogP contribution in [0.5, 0.6) is 0 Å². The number of benzene rings is 1. The molecule has 0 radical (unpaired) electrons. The summed E-state index contributed by atoms with van der Waals surface area (Å²) in [6, 6.07) is 9.38. The van der Waals surface area contributed by atoms with Gasteiger partial charge >= 0.3 is 0 Å². The van der Waals surface area contributed by atoms with Gasteiger partial charge < -0.3 is 10.4 Å². The van der Waals surface area contributed by atoms with Crippen molar-refractivity contribution in [2.24, 2.45) is 0 Å². The normalized spacial score (nSPS) is 14.0. The molecule has 0 aliphatic rings. The van der Waals surface area contributed by atoms with E-state index >= 15 is 0 Å². The van der Waals surface area contributed by atoms with Gasteiger partial charge in [0.25, 0.3) is 0 Å². The first kappa shape index (κ1) is 15.4. The molecule has 0 saturated heterocycles. The maximum atomic E-state index is 12.9. The fourth-order valence-corrected chi connectivity index (χ4v) is 2.39. The van der Waals surface area contributed by atoms with Gasteiger partial charge in [0.05, 0.1) is 6.54 Å². The summed E-state index contributed by atoms with van der Waals surface area (Å²) in [5, 5.41) is 14.9. The monoisotopic (exact) mass is 305 g/mol. The van der Waals surface area contributed by atoms with Gasteiger partial charge in [-0.05, 0) is 42.1 Å². The molecule has 0 aliphatic carbocycles. The Balaban J connectivity index is 1.92. The molecule has 1 heterocycles. The third-order valence-electron chi connectivity index (χ3n) is 3.02. The van der Waals surface area contributed by atoms with E-state index in [1.54, 1.807) is 13.0 Å². The summed E-state index contributed by atoms with van der Waals surface area (Å²) in [5.74, 6) is -0.650. The molecule has 1 amide bonds. The van der Waals surface area contributed by atoms with E-state index < -0.39 is 5.60 Å². The van der Waals surface area contributed by atoms with Gasteiger partial charge in [-0.1, -0.05) is 18.2 Å². The lowest BCUT2D eigenvalue weighted by atomic mass is 9.96. The molecule has 0 aliphatic heterocycles. The highest BCUT2D eigenvalue weighted by atomic mass is 32.1. The Bertz CT molecular complexity index is 618. The minimum absolute atomic E-state index is 0.0479. The van der Waals surface area contributed by atoms with Crippen LogP contribution in [-0.2, 0) is 10.4 Å². The molecule has 3 nitrogen and oxygen atoms in total. The fraction of sp³-hybridized carbons (Fsp3) is 0.188. The average molecular weight is 305 g/mol. The molecule has 0 bridgehead atoms. The van der Waals surface area contributed by atoms with Crippen LogP contribution in [0.1, 0.15) is 17.4 Å². The van der Waals surface area contributed by atoms with E-state index in [-0.39, 0.29) is 18.3 Å². The van der Waals surface area contributed by atoms with Gasteiger partial charge in [-0.3, -0.25) is 4.79 Å². The largest absolute Gasteiger partial charge is 0.384 e. The molecule has 5 heteroatoms. The van der Waals surface area contributed by atoms with Gasteiger partial charge in [0.15, 0.2) is 0 Å². The van der Waals surface area contributed by atoms with Crippen molar-refractivity contribution in [3.8, 4) is 0 Å². The zero-order valence-electron chi connectivity index (χ0n) is 11.5. The Kier molecular flexibility index (Phi) is 4.88. The summed E-state index contributed by atoms with van der Waals surface area (Å²) in [5.41, 5.74) is -0.702. The molecule has 2 N–H and O–H groups in total. The molecule has 21 heavy (non-hydrogen) atoms. The van der Waals surface area contributed by atoms with Crippen molar-refractivity contribution in [3.63, 3.8) is 0 Å². The van der Waals surface area contributed by atoms with Crippen LogP contribution >= 0.6 is 11.3 Å².